The van der Waals surface area contributed by atoms with Crippen LogP contribution in [0.1, 0.15) is 28.5 Å². The van der Waals surface area contributed by atoms with Gasteiger partial charge in [0.05, 0.1) is 13.2 Å². The maximum Gasteiger partial charge on any atom is 0.362 e. The highest BCUT2D eigenvalue weighted by molar-refractivity contribution is 6.31. The summed E-state index contributed by atoms with van der Waals surface area (Å²) in [6.45, 7) is 4.02. The van der Waals surface area contributed by atoms with Crippen LogP contribution in [-0.4, -0.2) is 33.6 Å². The van der Waals surface area contributed by atoms with Gasteiger partial charge in [-0.25, -0.2) is 14.3 Å². The Hall–Kier alpha value is -3.39. The summed E-state index contributed by atoms with van der Waals surface area (Å²) < 4.78 is 6.41. The number of hydrogen-bond donors (Lipinski definition) is 2. The molecule has 0 atom stereocenters. The van der Waals surface area contributed by atoms with Gasteiger partial charge in [-0.05, 0) is 37.6 Å². The Bertz CT molecular complexity index is 1020. The Morgan fingerprint density at radius 3 is 2.52 bits per heavy atom. The number of halogens is 1. The minimum absolute atomic E-state index is 0.0852. The van der Waals surface area contributed by atoms with Gasteiger partial charge >= 0.3 is 12.0 Å². The van der Waals surface area contributed by atoms with E-state index in [1.807, 2.05) is 37.3 Å². The van der Waals surface area contributed by atoms with Crippen molar-refractivity contribution in [1.82, 2.24) is 15.0 Å². The number of aromatic nitrogens is 3. The van der Waals surface area contributed by atoms with Crippen LogP contribution < -0.4 is 10.6 Å². The van der Waals surface area contributed by atoms with E-state index in [9.17, 15) is 9.59 Å². The minimum Gasteiger partial charge on any atom is -0.461 e. The molecule has 3 rings (SSSR count). The SMILES string of the molecule is CCOC(=O)c1nnn(Cc2ccccc2Cl)c1NC(=O)Nc1ccc(C)cc1. The van der Waals surface area contributed by atoms with Gasteiger partial charge in [-0.15, -0.1) is 5.10 Å². The van der Waals surface area contributed by atoms with E-state index in [4.69, 9.17) is 16.3 Å². The van der Waals surface area contributed by atoms with Gasteiger partial charge in [0, 0.05) is 10.7 Å². The molecule has 1 aromatic heterocycles. The van der Waals surface area contributed by atoms with E-state index in [1.165, 1.54) is 4.68 Å². The zero-order chi connectivity index (χ0) is 20.8. The molecule has 2 N–H and O–H groups in total. The molecular weight excluding hydrogens is 394 g/mol. The smallest absolute Gasteiger partial charge is 0.362 e. The number of hydrogen-bond acceptors (Lipinski definition) is 5. The number of nitrogens with zero attached hydrogens (tertiary/aromatic N) is 3. The maximum absolute atomic E-state index is 12.5. The molecule has 0 radical (unpaired) electrons. The number of esters is 1. The largest absolute Gasteiger partial charge is 0.461 e. The molecule has 3 aromatic rings. The molecule has 1 heterocycles. The number of carbonyl (C=O) groups is 2. The summed E-state index contributed by atoms with van der Waals surface area (Å²) in [6, 6.07) is 14.0. The van der Waals surface area contributed by atoms with E-state index in [2.05, 4.69) is 20.9 Å². The van der Waals surface area contributed by atoms with Crippen LogP contribution >= 0.6 is 11.6 Å². The van der Waals surface area contributed by atoms with Crippen LogP contribution in [0.3, 0.4) is 0 Å². The molecule has 0 saturated heterocycles. The molecule has 8 nitrogen and oxygen atoms in total. The fourth-order valence-corrected chi connectivity index (χ4v) is 2.77. The second kappa shape index (κ2) is 9.20. The quantitative estimate of drug-likeness (QED) is 0.592. The highest BCUT2D eigenvalue weighted by atomic mass is 35.5. The zero-order valence-corrected chi connectivity index (χ0v) is 16.7. The van der Waals surface area contributed by atoms with Gasteiger partial charge in [-0.1, -0.05) is 52.7 Å². The van der Waals surface area contributed by atoms with Gasteiger partial charge in [-0.3, -0.25) is 5.32 Å². The van der Waals surface area contributed by atoms with Crippen LogP contribution in [0, 0.1) is 6.92 Å². The third-order valence-electron chi connectivity index (χ3n) is 4.02. The topological polar surface area (TPSA) is 98.1 Å². The highest BCUT2D eigenvalue weighted by Crippen LogP contribution is 2.21. The lowest BCUT2D eigenvalue weighted by Crippen LogP contribution is -2.23. The summed E-state index contributed by atoms with van der Waals surface area (Å²) in [7, 11) is 0. The van der Waals surface area contributed by atoms with Gasteiger partial charge in [0.25, 0.3) is 0 Å². The zero-order valence-electron chi connectivity index (χ0n) is 16.0. The molecular formula is C20H20ClN5O3. The lowest BCUT2D eigenvalue weighted by Gasteiger charge is -2.11. The van der Waals surface area contributed by atoms with Crippen molar-refractivity contribution >= 4 is 35.1 Å². The fourth-order valence-electron chi connectivity index (χ4n) is 2.58. The van der Waals surface area contributed by atoms with Crippen molar-refractivity contribution in [2.75, 3.05) is 17.2 Å². The van der Waals surface area contributed by atoms with Gasteiger partial charge in [0.15, 0.2) is 5.82 Å². The summed E-state index contributed by atoms with van der Waals surface area (Å²) in [5.74, 6) is -0.559. The standard InChI is InChI=1S/C20H20ClN5O3/c1-3-29-19(27)17-18(23-20(28)22-15-10-8-13(2)9-11-15)26(25-24-17)12-14-6-4-5-7-16(14)21/h4-11H,3,12H2,1-2H3,(H2,22,23,28). The Balaban J connectivity index is 1.86. The van der Waals surface area contributed by atoms with Crippen LogP contribution in [0.15, 0.2) is 48.5 Å². The average Bonchev–Trinajstić information content (AvgIpc) is 3.08. The second-order valence-electron chi connectivity index (χ2n) is 6.20. The van der Waals surface area contributed by atoms with Crippen molar-refractivity contribution in [2.45, 2.75) is 20.4 Å². The third-order valence-corrected chi connectivity index (χ3v) is 4.39. The first-order valence-electron chi connectivity index (χ1n) is 8.96. The van der Waals surface area contributed by atoms with Crippen LogP contribution in [-0.2, 0) is 11.3 Å². The molecule has 0 unspecified atom stereocenters. The van der Waals surface area contributed by atoms with Crippen molar-refractivity contribution in [2.24, 2.45) is 0 Å². The number of rotatable bonds is 6. The van der Waals surface area contributed by atoms with Crippen LogP contribution in [0.5, 0.6) is 0 Å². The van der Waals surface area contributed by atoms with E-state index < -0.39 is 12.0 Å². The lowest BCUT2D eigenvalue weighted by molar-refractivity contribution is 0.0520. The number of benzene rings is 2. The molecule has 9 heteroatoms. The number of anilines is 2. The Morgan fingerprint density at radius 1 is 1.10 bits per heavy atom. The van der Waals surface area contributed by atoms with Gasteiger partial charge in [0.2, 0.25) is 5.69 Å². The molecule has 0 saturated carbocycles. The maximum atomic E-state index is 12.5. The number of carbonyl (C=O) groups excluding carboxylic acids is 2. The number of aryl methyl sites for hydroxylation is 1. The summed E-state index contributed by atoms with van der Waals surface area (Å²) in [5.41, 5.74) is 2.35. The molecule has 0 bridgehead atoms. The molecule has 2 amide bonds. The summed E-state index contributed by atoms with van der Waals surface area (Å²) in [5, 5.41) is 13.8. The number of urea groups is 1. The Labute approximate surface area is 172 Å². The first-order valence-corrected chi connectivity index (χ1v) is 9.34. The number of nitrogens with one attached hydrogen (secondary N) is 2. The van der Waals surface area contributed by atoms with Gasteiger partial charge in [0.1, 0.15) is 0 Å². The van der Waals surface area contributed by atoms with Gasteiger partial charge < -0.3 is 10.1 Å². The minimum atomic E-state index is -0.677. The molecule has 2 aromatic carbocycles. The van der Waals surface area contributed by atoms with E-state index in [1.54, 1.807) is 25.1 Å². The fraction of sp³-hybridized carbons (Fsp3) is 0.200. The Kier molecular flexibility index (Phi) is 6.46. The Morgan fingerprint density at radius 2 is 1.83 bits per heavy atom. The third kappa shape index (κ3) is 5.11. The lowest BCUT2D eigenvalue weighted by atomic mass is 10.2. The normalized spacial score (nSPS) is 10.4. The van der Waals surface area contributed by atoms with E-state index in [-0.39, 0.29) is 24.7 Å². The van der Waals surface area contributed by atoms with Crippen LogP contribution in [0.25, 0.3) is 0 Å². The summed E-state index contributed by atoms with van der Waals surface area (Å²) in [6.07, 6.45) is 0. The predicted molar refractivity (Wildman–Crippen MR) is 110 cm³/mol. The molecule has 0 fully saturated rings. The summed E-state index contributed by atoms with van der Waals surface area (Å²) in [4.78, 5) is 24.7. The van der Waals surface area contributed by atoms with E-state index in [0.29, 0.717) is 10.7 Å². The molecule has 0 aliphatic rings. The first kappa shape index (κ1) is 20.3. The first-order chi connectivity index (χ1) is 14.0. The van der Waals surface area contributed by atoms with Crippen molar-refractivity contribution in [1.29, 1.82) is 0 Å². The van der Waals surface area contributed by atoms with Gasteiger partial charge in [-0.2, -0.15) is 0 Å². The predicted octanol–water partition coefficient (Wildman–Crippen LogP) is 4.11. The van der Waals surface area contributed by atoms with Crippen LogP contribution in [0.2, 0.25) is 5.02 Å². The van der Waals surface area contributed by atoms with E-state index in [0.717, 1.165) is 11.1 Å². The van der Waals surface area contributed by atoms with Crippen molar-refractivity contribution in [3.05, 3.63) is 70.4 Å². The molecule has 0 aliphatic carbocycles. The van der Waals surface area contributed by atoms with E-state index >= 15 is 0 Å². The van der Waals surface area contributed by atoms with Crippen molar-refractivity contribution in [3.8, 4) is 0 Å². The monoisotopic (exact) mass is 413 g/mol. The highest BCUT2D eigenvalue weighted by Gasteiger charge is 2.23. The van der Waals surface area contributed by atoms with Crippen molar-refractivity contribution in [3.63, 3.8) is 0 Å². The molecule has 29 heavy (non-hydrogen) atoms. The molecule has 150 valence electrons. The van der Waals surface area contributed by atoms with Crippen molar-refractivity contribution < 1.29 is 14.3 Å². The number of ether oxygens (including phenoxy) is 1. The van der Waals surface area contributed by atoms with Crippen LogP contribution in [0.4, 0.5) is 16.3 Å². The average molecular weight is 414 g/mol. The second-order valence-corrected chi connectivity index (χ2v) is 6.61. The summed E-state index contributed by atoms with van der Waals surface area (Å²) >= 11 is 6.22. The number of amides is 2. The molecule has 0 spiro atoms. The molecule has 0 aliphatic heterocycles.